The molecule has 0 aromatic heterocycles. The van der Waals surface area contributed by atoms with Crippen LogP contribution in [0, 0.1) is 18.6 Å². The fraction of sp³-hybridized carbons (Fsp3) is 0.167. The lowest BCUT2D eigenvalue weighted by Gasteiger charge is -2.20. The molecule has 0 aliphatic rings. The number of ether oxygens (including phenoxy) is 1. The van der Waals surface area contributed by atoms with Crippen LogP contribution in [0.5, 0.6) is 0 Å². The van der Waals surface area contributed by atoms with Crippen molar-refractivity contribution < 1.29 is 26.7 Å². The van der Waals surface area contributed by atoms with Gasteiger partial charge in [-0.3, -0.25) is 4.99 Å². The summed E-state index contributed by atoms with van der Waals surface area (Å²) in [5, 5.41) is 0. The first kappa shape index (κ1) is 27.5. The molecule has 196 valence electrons. The Bertz CT molecular complexity index is 1370. The van der Waals surface area contributed by atoms with Crippen LogP contribution in [0.1, 0.15) is 28.7 Å². The normalized spacial score (nSPS) is 12.9. The Balaban J connectivity index is 1.70. The van der Waals surface area contributed by atoms with Gasteiger partial charge in [0.1, 0.15) is 17.1 Å². The van der Waals surface area contributed by atoms with Crippen molar-refractivity contribution in [1.29, 1.82) is 0 Å². The van der Waals surface area contributed by atoms with Gasteiger partial charge in [0.15, 0.2) is 0 Å². The van der Waals surface area contributed by atoms with Crippen LogP contribution < -0.4 is 0 Å². The van der Waals surface area contributed by atoms with E-state index >= 15 is 4.39 Å². The van der Waals surface area contributed by atoms with Crippen LogP contribution in [-0.2, 0) is 17.5 Å². The summed E-state index contributed by atoms with van der Waals surface area (Å²) in [6.45, 7) is 2.16. The van der Waals surface area contributed by atoms with Gasteiger partial charge >= 0.3 is 6.18 Å². The van der Waals surface area contributed by atoms with Crippen LogP contribution in [0.15, 0.2) is 107 Å². The van der Waals surface area contributed by atoms with Gasteiger partial charge < -0.3 is 4.74 Å². The molecule has 0 fully saturated rings. The van der Waals surface area contributed by atoms with Gasteiger partial charge in [-0.05, 0) is 67.1 Å². The van der Waals surface area contributed by atoms with Crippen molar-refractivity contribution in [2.45, 2.75) is 36.5 Å². The maximum Gasteiger partial charge on any atom is 0.416 e. The van der Waals surface area contributed by atoms with Gasteiger partial charge in [0, 0.05) is 16.9 Å². The third-order valence-electron chi connectivity index (χ3n) is 5.63. The Morgan fingerprint density at radius 2 is 1.55 bits per heavy atom. The van der Waals surface area contributed by atoms with Crippen LogP contribution in [0.25, 0.3) is 0 Å². The Hall–Kier alpha value is -3.49. The molecule has 0 spiro atoms. The minimum absolute atomic E-state index is 0.0495. The Labute approximate surface area is 222 Å². The number of nitrogens with zero attached hydrogens (tertiary/aromatic N) is 1. The molecule has 2 nitrogen and oxygen atoms in total. The molecule has 0 aliphatic heterocycles. The number of hydrogen-bond donors (Lipinski definition) is 0. The predicted octanol–water partition coefficient (Wildman–Crippen LogP) is 9.14. The molecule has 0 aliphatic carbocycles. The molecule has 38 heavy (non-hydrogen) atoms. The zero-order valence-corrected chi connectivity index (χ0v) is 21.2. The molecular weight excluding hydrogens is 517 g/mol. The smallest absolute Gasteiger partial charge is 0.362 e. The fourth-order valence-corrected chi connectivity index (χ4v) is 4.61. The van der Waals surface area contributed by atoms with Crippen LogP contribution in [0.2, 0.25) is 0 Å². The van der Waals surface area contributed by atoms with Crippen molar-refractivity contribution in [2.24, 2.45) is 4.99 Å². The summed E-state index contributed by atoms with van der Waals surface area (Å²) in [6.07, 6.45) is -4.60. The number of rotatable bonds is 9. The quantitative estimate of drug-likeness (QED) is 0.0912. The summed E-state index contributed by atoms with van der Waals surface area (Å²) in [4.78, 5) is 5.33. The van der Waals surface area contributed by atoms with Gasteiger partial charge in [-0.1, -0.05) is 59.8 Å². The maximum atomic E-state index is 15.1. The monoisotopic (exact) mass is 541 g/mol. The van der Waals surface area contributed by atoms with Crippen LogP contribution in [0.4, 0.5) is 27.6 Å². The summed E-state index contributed by atoms with van der Waals surface area (Å²) in [5.41, 5.74) is 0.937. The summed E-state index contributed by atoms with van der Waals surface area (Å²) < 4.78 is 74.3. The van der Waals surface area contributed by atoms with Crippen molar-refractivity contribution >= 4 is 23.2 Å². The lowest BCUT2D eigenvalue weighted by molar-refractivity contribution is -0.137. The zero-order chi connectivity index (χ0) is 27.1. The van der Waals surface area contributed by atoms with Crippen molar-refractivity contribution in [3.8, 4) is 0 Å². The molecule has 0 radical (unpaired) electrons. The average molecular weight is 542 g/mol. The summed E-state index contributed by atoms with van der Waals surface area (Å²) in [5.74, 6) is -1.41. The van der Waals surface area contributed by atoms with Crippen molar-refractivity contribution in [2.75, 3.05) is 0 Å². The van der Waals surface area contributed by atoms with Gasteiger partial charge in [0.2, 0.25) is 0 Å². The number of aryl methyl sites for hydroxylation is 1. The molecule has 0 bridgehead atoms. The van der Waals surface area contributed by atoms with E-state index in [2.05, 4.69) is 4.99 Å². The molecule has 4 aromatic carbocycles. The van der Waals surface area contributed by atoms with E-state index in [1.54, 1.807) is 24.3 Å². The Morgan fingerprint density at radius 1 is 0.868 bits per heavy atom. The SMILES string of the molecule is Cc1ccc(N=C(CC(OCc2ccccc2)Sc2ccc(F)cc2)c2ccc(C(F)(F)F)cc2F)cc1. The van der Waals surface area contributed by atoms with Crippen LogP contribution >= 0.6 is 11.8 Å². The summed E-state index contributed by atoms with van der Waals surface area (Å²) in [7, 11) is 0. The van der Waals surface area contributed by atoms with Crippen LogP contribution in [-0.4, -0.2) is 11.1 Å². The highest BCUT2D eigenvalue weighted by Crippen LogP contribution is 2.33. The molecule has 8 heteroatoms. The molecule has 0 saturated carbocycles. The molecule has 1 atom stereocenters. The van der Waals surface area contributed by atoms with E-state index in [9.17, 15) is 17.6 Å². The molecule has 4 aromatic rings. The standard InChI is InChI=1S/C30H24F5NOS/c1-20-7-12-24(13-8-20)36-28(26-16-9-22(17-27(26)32)30(33,34)35)18-29(37-19-21-5-3-2-4-6-21)38-25-14-10-23(31)11-15-25/h2-17,29H,18-19H2,1H3. The van der Waals surface area contributed by atoms with E-state index in [0.717, 1.165) is 23.3 Å². The molecular formula is C30H24F5NOS. The molecule has 0 saturated heterocycles. The van der Waals surface area contributed by atoms with E-state index < -0.39 is 23.0 Å². The van der Waals surface area contributed by atoms with Gasteiger partial charge in [-0.2, -0.15) is 13.2 Å². The summed E-state index contributed by atoms with van der Waals surface area (Å²) >= 11 is 1.29. The highest BCUT2D eigenvalue weighted by Gasteiger charge is 2.31. The molecule has 4 rings (SSSR count). The highest BCUT2D eigenvalue weighted by molar-refractivity contribution is 7.99. The minimum atomic E-state index is -4.67. The van der Waals surface area contributed by atoms with Gasteiger partial charge in [0.05, 0.1) is 23.6 Å². The largest absolute Gasteiger partial charge is 0.416 e. The van der Waals surface area contributed by atoms with E-state index in [1.165, 1.54) is 23.9 Å². The van der Waals surface area contributed by atoms with Crippen LogP contribution in [0.3, 0.4) is 0 Å². The lowest BCUT2D eigenvalue weighted by Crippen LogP contribution is -2.17. The first-order valence-corrected chi connectivity index (χ1v) is 12.6. The second-order valence-corrected chi connectivity index (χ2v) is 9.82. The molecule has 0 heterocycles. The first-order valence-electron chi connectivity index (χ1n) is 11.8. The average Bonchev–Trinajstić information content (AvgIpc) is 2.89. The summed E-state index contributed by atoms with van der Waals surface area (Å²) in [6, 6.07) is 24.9. The Kier molecular flexibility index (Phi) is 8.97. The maximum absolute atomic E-state index is 15.1. The predicted molar refractivity (Wildman–Crippen MR) is 141 cm³/mol. The van der Waals surface area contributed by atoms with Crippen molar-refractivity contribution in [1.82, 2.24) is 0 Å². The number of aliphatic imine (C=N–C) groups is 1. The Morgan fingerprint density at radius 3 is 2.18 bits per heavy atom. The number of hydrogen-bond acceptors (Lipinski definition) is 3. The number of thioether (sulfide) groups is 1. The van der Waals surface area contributed by atoms with Gasteiger partial charge in [-0.25, -0.2) is 8.78 Å². The highest BCUT2D eigenvalue weighted by atomic mass is 32.2. The second-order valence-electron chi connectivity index (χ2n) is 8.59. The number of halogens is 5. The zero-order valence-electron chi connectivity index (χ0n) is 20.4. The topological polar surface area (TPSA) is 21.6 Å². The van der Waals surface area contributed by atoms with E-state index in [1.807, 2.05) is 49.4 Å². The van der Waals surface area contributed by atoms with E-state index in [0.29, 0.717) is 16.6 Å². The van der Waals surface area contributed by atoms with Gasteiger partial charge in [0.25, 0.3) is 0 Å². The number of alkyl halides is 3. The van der Waals surface area contributed by atoms with E-state index in [4.69, 9.17) is 4.74 Å². The number of benzene rings is 4. The first-order chi connectivity index (χ1) is 18.2. The third-order valence-corrected chi connectivity index (χ3v) is 6.74. The lowest BCUT2D eigenvalue weighted by atomic mass is 10.0. The van der Waals surface area contributed by atoms with E-state index in [-0.39, 0.29) is 30.1 Å². The minimum Gasteiger partial charge on any atom is -0.362 e. The fourth-order valence-electron chi connectivity index (χ4n) is 3.64. The second kappa shape index (κ2) is 12.4. The van der Waals surface area contributed by atoms with Gasteiger partial charge in [-0.15, -0.1) is 0 Å². The molecule has 0 N–H and O–H groups in total. The van der Waals surface area contributed by atoms with Crippen molar-refractivity contribution in [3.63, 3.8) is 0 Å². The third kappa shape index (κ3) is 7.76. The van der Waals surface area contributed by atoms with Crippen molar-refractivity contribution in [3.05, 3.63) is 131 Å². The molecule has 0 amide bonds. The molecule has 1 unspecified atom stereocenters.